The summed E-state index contributed by atoms with van der Waals surface area (Å²) in [6.45, 7) is -0.569. The highest BCUT2D eigenvalue weighted by Gasteiger charge is 2.46. The lowest BCUT2D eigenvalue weighted by molar-refractivity contribution is -0.178. The Kier molecular flexibility index (Phi) is 7.20. The van der Waals surface area contributed by atoms with Crippen LogP contribution < -0.4 is 0 Å². The molecule has 7 nitrogen and oxygen atoms in total. The first-order chi connectivity index (χ1) is 15.7. The van der Waals surface area contributed by atoms with Crippen LogP contribution in [0, 0.1) is 17.5 Å². The fourth-order valence-corrected chi connectivity index (χ4v) is 5.05. The van der Waals surface area contributed by atoms with Gasteiger partial charge in [-0.2, -0.15) is 0 Å². The summed E-state index contributed by atoms with van der Waals surface area (Å²) in [7, 11) is 0. The van der Waals surface area contributed by atoms with Gasteiger partial charge in [0.05, 0.1) is 22.8 Å². The van der Waals surface area contributed by atoms with E-state index in [0.717, 1.165) is 28.6 Å². The van der Waals surface area contributed by atoms with Crippen LogP contribution in [0.4, 0.5) is 13.2 Å². The van der Waals surface area contributed by atoms with Crippen molar-refractivity contribution in [2.45, 2.75) is 34.7 Å². The number of aliphatic hydroxyl groups is 3. The molecule has 176 valence electrons. The summed E-state index contributed by atoms with van der Waals surface area (Å²) >= 11 is 13.3. The largest absolute Gasteiger partial charge is 0.394 e. The molecule has 1 aromatic heterocycles. The number of rotatable bonds is 5. The quantitative estimate of drug-likeness (QED) is 0.442. The number of nitrogens with zero attached hydrogens (tertiary/aromatic N) is 3. The second-order valence-electron chi connectivity index (χ2n) is 7.20. The van der Waals surface area contributed by atoms with Crippen molar-refractivity contribution in [1.29, 1.82) is 0 Å². The molecule has 0 radical (unpaired) electrons. The van der Waals surface area contributed by atoms with Crippen molar-refractivity contribution in [2.24, 2.45) is 0 Å². The molecule has 5 atom stereocenters. The average Bonchev–Trinajstić information content (AvgIpc) is 3.26. The minimum atomic E-state index is -1.62. The van der Waals surface area contributed by atoms with E-state index in [1.54, 1.807) is 18.2 Å². The van der Waals surface area contributed by atoms with Gasteiger partial charge < -0.3 is 20.1 Å². The van der Waals surface area contributed by atoms with E-state index in [4.69, 9.17) is 27.9 Å². The van der Waals surface area contributed by atoms with Crippen molar-refractivity contribution in [2.75, 3.05) is 6.61 Å². The van der Waals surface area contributed by atoms with Crippen molar-refractivity contribution < 1.29 is 33.2 Å². The van der Waals surface area contributed by atoms with Crippen LogP contribution in [0.5, 0.6) is 0 Å². The molecule has 1 aliphatic heterocycles. The molecule has 1 aliphatic rings. The number of hydrogen-bond acceptors (Lipinski definition) is 7. The topological polar surface area (TPSA) is 101 Å². The summed E-state index contributed by atoms with van der Waals surface area (Å²) in [4.78, 5) is 0.497. The summed E-state index contributed by atoms with van der Waals surface area (Å²) in [6, 6.07) is 5.26. The minimum Gasteiger partial charge on any atom is -0.394 e. The predicted molar refractivity (Wildman–Crippen MR) is 114 cm³/mol. The molecule has 0 unspecified atom stereocenters. The maximum Gasteiger partial charge on any atom is 0.194 e. The third kappa shape index (κ3) is 4.72. The van der Waals surface area contributed by atoms with Crippen LogP contribution in [0.1, 0.15) is 6.04 Å². The van der Waals surface area contributed by atoms with Crippen molar-refractivity contribution in [1.82, 2.24) is 15.0 Å². The second-order valence-corrected chi connectivity index (χ2v) is 9.13. The minimum absolute atomic E-state index is 0.0265. The van der Waals surface area contributed by atoms with Gasteiger partial charge in [0, 0.05) is 10.5 Å². The van der Waals surface area contributed by atoms with Gasteiger partial charge >= 0.3 is 0 Å². The molecule has 2 aromatic carbocycles. The van der Waals surface area contributed by atoms with Crippen LogP contribution in [-0.2, 0) is 4.74 Å². The van der Waals surface area contributed by atoms with Gasteiger partial charge in [0.1, 0.15) is 35.5 Å². The van der Waals surface area contributed by atoms with E-state index < -0.39 is 53.8 Å². The van der Waals surface area contributed by atoms with Gasteiger partial charge in [-0.05, 0) is 24.3 Å². The molecule has 3 N–H and O–H groups in total. The van der Waals surface area contributed by atoms with Gasteiger partial charge in [-0.3, -0.25) is 0 Å². The van der Waals surface area contributed by atoms with E-state index in [1.807, 2.05) is 0 Å². The van der Waals surface area contributed by atoms with E-state index in [9.17, 15) is 28.5 Å². The molecule has 0 saturated carbocycles. The summed E-state index contributed by atoms with van der Waals surface area (Å²) in [5.74, 6) is -4.42. The zero-order valence-corrected chi connectivity index (χ0v) is 18.8. The van der Waals surface area contributed by atoms with Crippen LogP contribution in [0.2, 0.25) is 10.0 Å². The highest BCUT2D eigenvalue weighted by Crippen LogP contribution is 2.41. The maximum absolute atomic E-state index is 13.6. The van der Waals surface area contributed by atoms with Crippen molar-refractivity contribution in [3.05, 3.63) is 64.0 Å². The molecule has 33 heavy (non-hydrogen) atoms. The zero-order valence-electron chi connectivity index (χ0n) is 16.4. The van der Waals surface area contributed by atoms with Crippen molar-refractivity contribution in [3.63, 3.8) is 0 Å². The number of thioether (sulfide) groups is 1. The van der Waals surface area contributed by atoms with Crippen LogP contribution in [0.15, 0.2) is 41.4 Å². The molecule has 2 heterocycles. The number of aliphatic hydroxyl groups excluding tert-OH is 3. The maximum atomic E-state index is 13.6. The van der Waals surface area contributed by atoms with E-state index in [0.29, 0.717) is 9.92 Å². The Balaban J connectivity index is 1.65. The summed E-state index contributed by atoms with van der Waals surface area (Å²) in [5.41, 5.74) is -1.12. The summed E-state index contributed by atoms with van der Waals surface area (Å²) in [5, 5.41) is 39.5. The van der Waals surface area contributed by atoms with E-state index in [2.05, 4.69) is 10.3 Å². The van der Waals surface area contributed by atoms with Crippen LogP contribution in [0.3, 0.4) is 0 Å². The van der Waals surface area contributed by atoms with Gasteiger partial charge in [0.15, 0.2) is 17.5 Å². The first-order valence-corrected chi connectivity index (χ1v) is 11.1. The molecular formula is C20H16Cl2F3N3O4S. The third-order valence-electron chi connectivity index (χ3n) is 5.10. The standard InChI is InChI=1S/C20H16Cl2F3N3O4S/c21-9-2-1-3-14(15(9)22)33-20-19(31)17(18(30)13(7-29)32-20)28-6-12(26-27-28)8-4-10(23)16(25)11(24)5-8/h1-6,13,17-20,29-31H,7H2/t13-,17+,18+,19-,20-/m1/s1. The first-order valence-electron chi connectivity index (χ1n) is 9.51. The fraction of sp³-hybridized carbons (Fsp3) is 0.300. The molecule has 0 spiro atoms. The molecule has 0 aliphatic carbocycles. The van der Waals surface area contributed by atoms with Crippen LogP contribution in [0.25, 0.3) is 11.3 Å². The van der Waals surface area contributed by atoms with Crippen LogP contribution in [-0.4, -0.2) is 60.7 Å². The van der Waals surface area contributed by atoms with Gasteiger partial charge in [-0.25, -0.2) is 17.9 Å². The lowest BCUT2D eigenvalue weighted by Crippen LogP contribution is -2.55. The predicted octanol–water partition coefficient (Wildman–Crippen LogP) is 3.44. The summed E-state index contributed by atoms with van der Waals surface area (Å²) in [6.07, 6.45) is -2.65. The van der Waals surface area contributed by atoms with Gasteiger partial charge in [0.25, 0.3) is 0 Å². The normalized spacial score (nSPS) is 25.4. The Hall–Kier alpha value is -1.86. The highest BCUT2D eigenvalue weighted by atomic mass is 35.5. The molecule has 3 aromatic rings. The van der Waals surface area contributed by atoms with E-state index >= 15 is 0 Å². The van der Waals surface area contributed by atoms with Crippen molar-refractivity contribution in [3.8, 4) is 11.3 Å². The second kappa shape index (κ2) is 9.79. The third-order valence-corrected chi connectivity index (χ3v) is 7.25. The smallest absolute Gasteiger partial charge is 0.194 e. The molecular weight excluding hydrogens is 506 g/mol. The first kappa shape index (κ1) is 24.3. The average molecular weight is 522 g/mol. The highest BCUT2D eigenvalue weighted by molar-refractivity contribution is 8.00. The molecule has 1 fully saturated rings. The van der Waals surface area contributed by atoms with Crippen LogP contribution >= 0.6 is 35.0 Å². The molecule has 13 heteroatoms. The number of benzene rings is 2. The molecule has 4 rings (SSSR count). The lowest BCUT2D eigenvalue weighted by Gasteiger charge is -2.41. The number of aromatic nitrogens is 3. The Labute approximate surface area is 199 Å². The van der Waals surface area contributed by atoms with E-state index in [-0.39, 0.29) is 16.3 Å². The fourth-order valence-electron chi connectivity index (χ4n) is 3.44. The summed E-state index contributed by atoms with van der Waals surface area (Å²) < 4.78 is 47.2. The van der Waals surface area contributed by atoms with E-state index in [1.165, 1.54) is 6.20 Å². The van der Waals surface area contributed by atoms with Gasteiger partial charge in [0.2, 0.25) is 0 Å². The Morgan fingerprint density at radius 1 is 1.09 bits per heavy atom. The van der Waals surface area contributed by atoms with Crippen molar-refractivity contribution >= 4 is 35.0 Å². The molecule has 0 bridgehead atoms. The number of halogens is 5. The Morgan fingerprint density at radius 2 is 1.79 bits per heavy atom. The van der Waals surface area contributed by atoms with Gasteiger partial charge in [-0.15, -0.1) is 5.10 Å². The number of hydrogen-bond donors (Lipinski definition) is 3. The Bertz CT molecular complexity index is 1150. The molecule has 0 amide bonds. The molecule has 1 saturated heterocycles. The monoisotopic (exact) mass is 521 g/mol. The Morgan fingerprint density at radius 3 is 2.45 bits per heavy atom. The lowest BCUT2D eigenvalue weighted by atomic mass is 9.97. The number of ether oxygens (including phenoxy) is 1. The zero-order chi connectivity index (χ0) is 23.9. The SMILES string of the molecule is OC[C@H]1O[C@H](Sc2cccc(Cl)c2Cl)[C@H](O)[C@@H](n2cc(-c3cc(F)c(F)c(F)c3)nn2)[C@H]1O. The van der Waals surface area contributed by atoms with Gasteiger partial charge in [-0.1, -0.05) is 46.2 Å².